The van der Waals surface area contributed by atoms with Gasteiger partial charge in [-0.3, -0.25) is 4.79 Å². The molecule has 110 valence electrons. The molecule has 0 aromatic heterocycles. The standard InChI is InChI=1S/C13H18N2O4S/c1-15(2)20(18,19)11-5-3-10(4-6-11)12(17)14-13(9-16)7-8-13/h3-6,16H,7-9H2,1-2H3,(H,14,17). The molecule has 0 spiro atoms. The Balaban J connectivity index is 2.14. The highest BCUT2D eigenvalue weighted by atomic mass is 32.2. The second kappa shape index (κ2) is 5.16. The average molecular weight is 298 g/mol. The summed E-state index contributed by atoms with van der Waals surface area (Å²) < 4.78 is 24.9. The largest absolute Gasteiger partial charge is 0.394 e. The molecule has 0 radical (unpaired) electrons. The van der Waals surface area contributed by atoms with Gasteiger partial charge in [0.2, 0.25) is 10.0 Å². The third-order valence-corrected chi connectivity index (χ3v) is 5.26. The van der Waals surface area contributed by atoms with Gasteiger partial charge in [-0.1, -0.05) is 0 Å². The van der Waals surface area contributed by atoms with Crippen molar-refractivity contribution in [2.45, 2.75) is 23.3 Å². The van der Waals surface area contributed by atoms with Crippen molar-refractivity contribution in [3.63, 3.8) is 0 Å². The van der Waals surface area contributed by atoms with Crippen molar-refractivity contribution < 1.29 is 18.3 Å². The zero-order valence-corrected chi connectivity index (χ0v) is 12.3. The number of benzene rings is 1. The molecule has 1 amide bonds. The number of aliphatic hydroxyl groups excluding tert-OH is 1. The number of nitrogens with one attached hydrogen (secondary N) is 1. The van der Waals surface area contributed by atoms with Crippen LogP contribution in [0.5, 0.6) is 0 Å². The first-order valence-electron chi connectivity index (χ1n) is 6.27. The summed E-state index contributed by atoms with van der Waals surface area (Å²) in [5, 5.41) is 11.9. The highest BCUT2D eigenvalue weighted by Gasteiger charge is 2.43. The predicted octanol–water partition coefficient (Wildman–Crippen LogP) is 0.192. The number of aliphatic hydroxyl groups is 1. The Labute approximate surface area is 118 Å². The molecule has 2 rings (SSSR count). The second-order valence-electron chi connectivity index (χ2n) is 5.20. The highest BCUT2D eigenvalue weighted by molar-refractivity contribution is 7.89. The van der Waals surface area contributed by atoms with Crippen molar-refractivity contribution in [2.75, 3.05) is 20.7 Å². The molecule has 7 heteroatoms. The molecule has 0 atom stereocenters. The summed E-state index contributed by atoms with van der Waals surface area (Å²) in [6, 6.07) is 5.75. The first kappa shape index (κ1) is 15.0. The van der Waals surface area contributed by atoms with Crippen LogP contribution in [0.1, 0.15) is 23.2 Å². The number of sulfonamides is 1. The van der Waals surface area contributed by atoms with Crippen LogP contribution in [0, 0.1) is 0 Å². The van der Waals surface area contributed by atoms with Gasteiger partial charge in [0.1, 0.15) is 0 Å². The SMILES string of the molecule is CN(C)S(=O)(=O)c1ccc(C(=O)NC2(CO)CC2)cc1. The van der Waals surface area contributed by atoms with E-state index in [-0.39, 0.29) is 17.4 Å². The Kier molecular flexibility index (Phi) is 3.86. The van der Waals surface area contributed by atoms with E-state index in [1.54, 1.807) is 0 Å². The van der Waals surface area contributed by atoms with Gasteiger partial charge in [-0.05, 0) is 37.1 Å². The van der Waals surface area contributed by atoms with E-state index in [4.69, 9.17) is 5.11 Å². The second-order valence-corrected chi connectivity index (χ2v) is 7.36. The minimum absolute atomic E-state index is 0.0775. The molecule has 0 unspecified atom stereocenters. The van der Waals surface area contributed by atoms with Gasteiger partial charge in [0.05, 0.1) is 17.0 Å². The van der Waals surface area contributed by atoms with Crippen LogP contribution >= 0.6 is 0 Å². The van der Waals surface area contributed by atoms with Crippen LogP contribution in [0.15, 0.2) is 29.2 Å². The van der Waals surface area contributed by atoms with Crippen LogP contribution in [0.2, 0.25) is 0 Å². The summed E-state index contributed by atoms with van der Waals surface area (Å²) in [4.78, 5) is 12.1. The van der Waals surface area contributed by atoms with Crippen LogP contribution in [0.25, 0.3) is 0 Å². The molecular formula is C13H18N2O4S. The minimum atomic E-state index is -3.49. The Bertz CT molecular complexity index is 604. The number of hydrogen-bond acceptors (Lipinski definition) is 4. The molecule has 1 aliphatic rings. The van der Waals surface area contributed by atoms with Crippen molar-refractivity contribution in [1.29, 1.82) is 0 Å². The number of carbonyl (C=O) groups excluding carboxylic acids is 1. The monoisotopic (exact) mass is 298 g/mol. The van der Waals surface area contributed by atoms with Gasteiger partial charge < -0.3 is 10.4 Å². The Morgan fingerprint density at radius 1 is 1.30 bits per heavy atom. The van der Waals surface area contributed by atoms with Gasteiger partial charge in [0.25, 0.3) is 5.91 Å². The van der Waals surface area contributed by atoms with Gasteiger partial charge in [-0.15, -0.1) is 0 Å². The quantitative estimate of drug-likeness (QED) is 0.812. The number of rotatable bonds is 5. The van der Waals surface area contributed by atoms with E-state index < -0.39 is 15.6 Å². The van der Waals surface area contributed by atoms with E-state index in [0.29, 0.717) is 5.56 Å². The summed E-state index contributed by atoms with van der Waals surface area (Å²) >= 11 is 0. The van der Waals surface area contributed by atoms with E-state index >= 15 is 0 Å². The van der Waals surface area contributed by atoms with E-state index in [9.17, 15) is 13.2 Å². The van der Waals surface area contributed by atoms with Gasteiger partial charge in [-0.25, -0.2) is 12.7 Å². The molecule has 20 heavy (non-hydrogen) atoms. The predicted molar refractivity (Wildman–Crippen MR) is 73.8 cm³/mol. The topological polar surface area (TPSA) is 86.7 Å². The van der Waals surface area contributed by atoms with Crippen molar-refractivity contribution >= 4 is 15.9 Å². The number of amides is 1. The molecule has 0 bridgehead atoms. The molecule has 0 aliphatic heterocycles. The van der Waals surface area contributed by atoms with Crippen LogP contribution < -0.4 is 5.32 Å². The van der Waals surface area contributed by atoms with E-state index in [1.807, 2.05) is 0 Å². The maximum Gasteiger partial charge on any atom is 0.251 e. The molecule has 0 heterocycles. The average Bonchev–Trinajstić information content (AvgIpc) is 3.19. The van der Waals surface area contributed by atoms with Crippen LogP contribution in [-0.4, -0.2) is 50.0 Å². The fourth-order valence-corrected chi connectivity index (χ4v) is 2.68. The maximum absolute atomic E-state index is 12.0. The first-order chi connectivity index (χ1) is 9.31. The van der Waals surface area contributed by atoms with E-state index in [0.717, 1.165) is 17.1 Å². The lowest BCUT2D eigenvalue weighted by molar-refractivity contribution is 0.0906. The van der Waals surface area contributed by atoms with Gasteiger partial charge >= 0.3 is 0 Å². The lowest BCUT2D eigenvalue weighted by atomic mass is 10.2. The summed E-state index contributed by atoms with van der Waals surface area (Å²) in [5.74, 6) is -0.301. The lowest BCUT2D eigenvalue weighted by Gasteiger charge is -2.15. The number of hydrogen-bond donors (Lipinski definition) is 2. The van der Waals surface area contributed by atoms with Gasteiger partial charge in [-0.2, -0.15) is 0 Å². The fraction of sp³-hybridized carbons (Fsp3) is 0.462. The molecule has 1 aromatic carbocycles. The summed E-state index contributed by atoms with van der Waals surface area (Å²) in [6.07, 6.45) is 1.53. The normalized spacial score (nSPS) is 17.0. The maximum atomic E-state index is 12.0. The van der Waals surface area contributed by atoms with E-state index in [2.05, 4.69) is 5.32 Å². The van der Waals surface area contributed by atoms with Gasteiger partial charge in [0, 0.05) is 19.7 Å². The summed E-state index contributed by atoms with van der Waals surface area (Å²) in [6.45, 7) is -0.0775. The Morgan fingerprint density at radius 2 is 1.85 bits per heavy atom. The van der Waals surface area contributed by atoms with E-state index in [1.165, 1.54) is 38.4 Å². The first-order valence-corrected chi connectivity index (χ1v) is 7.71. The number of nitrogens with zero attached hydrogens (tertiary/aromatic N) is 1. The zero-order valence-electron chi connectivity index (χ0n) is 11.5. The Hall–Kier alpha value is -1.44. The van der Waals surface area contributed by atoms with Gasteiger partial charge in [0.15, 0.2) is 0 Å². The molecule has 1 fully saturated rings. The molecule has 6 nitrogen and oxygen atoms in total. The molecule has 0 saturated heterocycles. The summed E-state index contributed by atoms with van der Waals surface area (Å²) in [7, 11) is -0.580. The molecule has 1 aliphatic carbocycles. The highest BCUT2D eigenvalue weighted by Crippen LogP contribution is 2.34. The molecular weight excluding hydrogens is 280 g/mol. The fourth-order valence-electron chi connectivity index (χ4n) is 1.78. The molecule has 1 saturated carbocycles. The van der Waals surface area contributed by atoms with Crippen LogP contribution in [-0.2, 0) is 10.0 Å². The third kappa shape index (κ3) is 2.84. The number of carbonyl (C=O) groups is 1. The minimum Gasteiger partial charge on any atom is -0.394 e. The van der Waals surface area contributed by atoms with Crippen LogP contribution in [0.3, 0.4) is 0 Å². The third-order valence-electron chi connectivity index (χ3n) is 3.43. The summed E-state index contributed by atoms with van der Waals surface area (Å²) in [5.41, 5.74) is -0.103. The van der Waals surface area contributed by atoms with Crippen molar-refractivity contribution in [3.8, 4) is 0 Å². The molecule has 2 N–H and O–H groups in total. The molecule has 1 aromatic rings. The smallest absolute Gasteiger partial charge is 0.251 e. The van der Waals surface area contributed by atoms with Crippen molar-refractivity contribution in [2.24, 2.45) is 0 Å². The van der Waals surface area contributed by atoms with Crippen LogP contribution in [0.4, 0.5) is 0 Å². The lowest BCUT2D eigenvalue weighted by Crippen LogP contribution is -2.39. The van der Waals surface area contributed by atoms with Crippen molar-refractivity contribution in [1.82, 2.24) is 9.62 Å². The Morgan fingerprint density at radius 3 is 2.25 bits per heavy atom. The zero-order chi connectivity index (χ0) is 15.0. The van der Waals surface area contributed by atoms with Crippen molar-refractivity contribution in [3.05, 3.63) is 29.8 Å².